The molecule has 0 aliphatic carbocycles. The quantitative estimate of drug-likeness (QED) is 0.546. The SMILES string of the molecule is CC1CC(O)(C(C)C)N1. The van der Waals surface area contributed by atoms with E-state index in [9.17, 15) is 5.11 Å². The molecule has 0 aromatic heterocycles. The van der Waals surface area contributed by atoms with Crippen molar-refractivity contribution in [1.82, 2.24) is 5.32 Å². The monoisotopic (exact) mass is 129 g/mol. The van der Waals surface area contributed by atoms with Gasteiger partial charge in [-0.1, -0.05) is 13.8 Å². The number of hydrogen-bond acceptors (Lipinski definition) is 2. The molecule has 1 aliphatic heterocycles. The zero-order chi connectivity index (χ0) is 7.07. The van der Waals surface area contributed by atoms with Crippen LogP contribution in [-0.4, -0.2) is 16.9 Å². The summed E-state index contributed by atoms with van der Waals surface area (Å²) in [6.07, 6.45) is 0.894. The first-order chi connectivity index (χ1) is 4.04. The van der Waals surface area contributed by atoms with Gasteiger partial charge in [-0.05, 0) is 12.8 Å². The van der Waals surface area contributed by atoms with E-state index >= 15 is 0 Å². The fourth-order valence-corrected chi connectivity index (χ4v) is 1.27. The predicted octanol–water partition coefficient (Wildman–Crippen LogP) is 0.713. The molecule has 0 bridgehead atoms. The molecule has 2 N–H and O–H groups in total. The zero-order valence-corrected chi connectivity index (χ0v) is 6.31. The van der Waals surface area contributed by atoms with Gasteiger partial charge in [-0.15, -0.1) is 0 Å². The second-order valence-electron chi connectivity index (χ2n) is 3.33. The van der Waals surface area contributed by atoms with E-state index in [0.29, 0.717) is 12.0 Å². The maximum atomic E-state index is 9.55. The van der Waals surface area contributed by atoms with Crippen molar-refractivity contribution < 1.29 is 5.11 Å². The van der Waals surface area contributed by atoms with E-state index in [2.05, 4.69) is 12.2 Å². The van der Waals surface area contributed by atoms with Crippen LogP contribution >= 0.6 is 0 Å². The Balaban J connectivity index is 2.40. The molecule has 1 fully saturated rings. The smallest absolute Gasteiger partial charge is 0.120 e. The first-order valence-electron chi connectivity index (χ1n) is 3.54. The molecule has 1 aliphatic rings. The fourth-order valence-electron chi connectivity index (χ4n) is 1.27. The Morgan fingerprint density at radius 1 is 1.67 bits per heavy atom. The first-order valence-corrected chi connectivity index (χ1v) is 3.54. The molecule has 0 radical (unpaired) electrons. The third-order valence-corrected chi connectivity index (χ3v) is 2.07. The number of rotatable bonds is 1. The summed E-state index contributed by atoms with van der Waals surface area (Å²) >= 11 is 0. The summed E-state index contributed by atoms with van der Waals surface area (Å²) in [5.74, 6) is 0.327. The molecule has 9 heavy (non-hydrogen) atoms. The molecule has 1 saturated heterocycles. The van der Waals surface area contributed by atoms with Crippen LogP contribution < -0.4 is 5.32 Å². The van der Waals surface area contributed by atoms with E-state index in [0.717, 1.165) is 6.42 Å². The molecule has 2 nitrogen and oxygen atoms in total. The molecule has 54 valence electrons. The van der Waals surface area contributed by atoms with Crippen molar-refractivity contribution in [3.63, 3.8) is 0 Å². The van der Waals surface area contributed by atoms with Gasteiger partial charge in [0.25, 0.3) is 0 Å². The van der Waals surface area contributed by atoms with Crippen LogP contribution in [0.4, 0.5) is 0 Å². The molecule has 1 heterocycles. The van der Waals surface area contributed by atoms with Gasteiger partial charge >= 0.3 is 0 Å². The highest BCUT2D eigenvalue weighted by Crippen LogP contribution is 2.28. The van der Waals surface area contributed by atoms with Crippen LogP contribution in [0.25, 0.3) is 0 Å². The Morgan fingerprint density at radius 2 is 2.11 bits per heavy atom. The largest absolute Gasteiger partial charge is 0.376 e. The van der Waals surface area contributed by atoms with Crippen molar-refractivity contribution >= 4 is 0 Å². The predicted molar refractivity (Wildman–Crippen MR) is 37.0 cm³/mol. The average molecular weight is 129 g/mol. The molecular weight excluding hydrogens is 114 g/mol. The standard InChI is InChI=1S/C7H15NO/c1-5(2)7(9)4-6(3)8-7/h5-6,8-9H,4H2,1-3H3. The van der Waals surface area contributed by atoms with Crippen molar-refractivity contribution in [2.45, 2.75) is 39.0 Å². The molecule has 0 amide bonds. The summed E-state index contributed by atoms with van der Waals surface area (Å²) in [6, 6.07) is 0.498. The lowest BCUT2D eigenvalue weighted by Crippen LogP contribution is -2.65. The second-order valence-corrected chi connectivity index (χ2v) is 3.33. The lowest BCUT2D eigenvalue weighted by Gasteiger charge is -2.46. The lowest BCUT2D eigenvalue weighted by molar-refractivity contribution is -0.115. The van der Waals surface area contributed by atoms with Gasteiger partial charge in [-0.3, -0.25) is 5.32 Å². The molecule has 1 rings (SSSR count). The highest BCUT2D eigenvalue weighted by molar-refractivity contribution is 4.94. The fraction of sp³-hybridized carbons (Fsp3) is 1.00. The number of hydrogen-bond donors (Lipinski definition) is 2. The lowest BCUT2D eigenvalue weighted by atomic mass is 9.85. The topological polar surface area (TPSA) is 32.3 Å². The van der Waals surface area contributed by atoms with E-state index < -0.39 is 5.72 Å². The van der Waals surface area contributed by atoms with Crippen molar-refractivity contribution in [3.8, 4) is 0 Å². The van der Waals surface area contributed by atoms with Crippen LogP contribution in [0.5, 0.6) is 0 Å². The minimum absolute atomic E-state index is 0.327. The summed E-state index contributed by atoms with van der Waals surface area (Å²) in [4.78, 5) is 0. The Hall–Kier alpha value is -0.0800. The second kappa shape index (κ2) is 1.96. The van der Waals surface area contributed by atoms with Crippen LogP contribution in [0.15, 0.2) is 0 Å². The van der Waals surface area contributed by atoms with Gasteiger partial charge in [-0.2, -0.15) is 0 Å². The third-order valence-electron chi connectivity index (χ3n) is 2.07. The van der Waals surface area contributed by atoms with Gasteiger partial charge in [-0.25, -0.2) is 0 Å². The van der Waals surface area contributed by atoms with Crippen LogP contribution in [0.1, 0.15) is 27.2 Å². The van der Waals surface area contributed by atoms with Crippen LogP contribution in [0.2, 0.25) is 0 Å². The highest BCUT2D eigenvalue weighted by Gasteiger charge is 2.41. The van der Waals surface area contributed by atoms with Crippen LogP contribution in [-0.2, 0) is 0 Å². The molecule has 0 saturated carbocycles. The number of aliphatic hydroxyl groups is 1. The van der Waals surface area contributed by atoms with E-state index in [1.807, 2.05) is 13.8 Å². The van der Waals surface area contributed by atoms with E-state index in [1.54, 1.807) is 0 Å². The van der Waals surface area contributed by atoms with Gasteiger partial charge in [0, 0.05) is 12.5 Å². The average Bonchev–Trinajstić information content (AvgIpc) is 1.62. The highest BCUT2D eigenvalue weighted by atomic mass is 16.3. The number of nitrogens with one attached hydrogen (secondary N) is 1. The maximum absolute atomic E-state index is 9.55. The Morgan fingerprint density at radius 3 is 2.22 bits per heavy atom. The van der Waals surface area contributed by atoms with Gasteiger partial charge in [0.05, 0.1) is 0 Å². The molecule has 2 heteroatoms. The zero-order valence-electron chi connectivity index (χ0n) is 6.31. The Labute approximate surface area is 56.3 Å². The summed E-state index contributed by atoms with van der Waals surface area (Å²) in [5.41, 5.74) is -0.556. The Kier molecular flexibility index (Phi) is 1.53. The Bertz CT molecular complexity index is 105. The molecule has 0 aromatic rings. The normalized spacial score (nSPS) is 43.0. The molecular formula is C7H15NO. The van der Waals surface area contributed by atoms with Gasteiger partial charge in [0.2, 0.25) is 0 Å². The minimum atomic E-state index is -0.556. The maximum Gasteiger partial charge on any atom is 0.120 e. The van der Waals surface area contributed by atoms with Gasteiger partial charge in [0.15, 0.2) is 0 Å². The van der Waals surface area contributed by atoms with E-state index in [-0.39, 0.29) is 0 Å². The van der Waals surface area contributed by atoms with Crippen molar-refractivity contribution in [3.05, 3.63) is 0 Å². The van der Waals surface area contributed by atoms with E-state index in [1.165, 1.54) is 0 Å². The summed E-state index contributed by atoms with van der Waals surface area (Å²) < 4.78 is 0. The first kappa shape index (κ1) is 7.03. The van der Waals surface area contributed by atoms with Gasteiger partial charge < -0.3 is 5.11 Å². The van der Waals surface area contributed by atoms with Crippen LogP contribution in [0, 0.1) is 5.92 Å². The van der Waals surface area contributed by atoms with Crippen LogP contribution in [0.3, 0.4) is 0 Å². The summed E-state index contributed by atoms with van der Waals surface area (Å²) in [5, 5.41) is 12.6. The summed E-state index contributed by atoms with van der Waals surface area (Å²) in [7, 11) is 0. The molecule has 2 unspecified atom stereocenters. The van der Waals surface area contributed by atoms with Crippen molar-refractivity contribution in [1.29, 1.82) is 0 Å². The van der Waals surface area contributed by atoms with E-state index in [4.69, 9.17) is 0 Å². The molecule has 0 aromatic carbocycles. The van der Waals surface area contributed by atoms with Gasteiger partial charge in [0.1, 0.15) is 5.72 Å². The molecule has 0 spiro atoms. The van der Waals surface area contributed by atoms with Crippen molar-refractivity contribution in [2.24, 2.45) is 5.92 Å². The minimum Gasteiger partial charge on any atom is -0.376 e. The third kappa shape index (κ3) is 1.10. The summed E-state index contributed by atoms with van der Waals surface area (Å²) in [6.45, 7) is 6.13. The molecule has 2 atom stereocenters. The van der Waals surface area contributed by atoms with Crippen molar-refractivity contribution in [2.75, 3.05) is 0 Å².